The molecule has 1 aliphatic carbocycles. The lowest BCUT2D eigenvalue weighted by molar-refractivity contribution is -0.130. The molecule has 1 aliphatic rings. The van der Waals surface area contributed by atoms with E-state index in [1.165, 1.54) is 0 Å². The van der Waals surface area contributed by atoms with E-state index in [9.17, 15) is 9.90 Å². The predicted molar refractivity (Wildman–Crippen MR) is 82.6 cm³/mol. The Kier molecular flexibility index (Phi) is 5.88. The quantitative estimate of drug-likeness (QED) is 0.879. The van der Waals surface area contributed by atoms with Gasteiger partial charge in [0.05, 0.1) is 17.2 Å². The molecule has 1 amide bonds. The first-order chi connectivity index (χ1) is 10.1. The van der Waals surface area contributed by atoms with Crippen molar-refractivity contribution in [2.24, 2.45) is 0 Å². The zero-order valence-electron chi connectivity index (χ0n) is 12.2. The first-order valence-electron chi connectivity index (χ1n) is 7.51. The van der Waals surface area contributed by atoms with Crippen LogP contribution in [0.25, 0.3) is 0 Å². The summed E-state index contributed by atoms with van der Waals surface area (Å²) in [5, 5.41) is 13.3. The highest BCUT2D eigenvalue weighted by atomic mass is 35.5. The van der Waals surface area contributed by atoms with Crippen LogP contribution in [0.3, 0.4) is 0 Å². The Morgan fingerprint density at radius 1 is 1.43 bits per heavy atom. The summed E-state index contributed by atoms with van der Waals surface area (Å²) in [6, 6.07) is 6.93. The van der Waals surface area contributed by atoms with Crippen molar-refractivity contribution in [3.63, 3.8) is 0 Å². The Hall–Kier alpha value is -1.26. The van der Waals surface area contributed by atoms with Crippen molar-refractivity contribution >= 4 is 17.5 Å². The molecule has 3 atom stereocenters. The molecule has 1 aromatic carbocycles. The van der Waals surface area contributed by atoms with Gasteiger partial charge in [-0.2, -0.15) is 0 Å². The van der Waals surface area contributed by atoms with Crippen LogP contribution in [0, 0.1) is 0 Å². The van der Waals surface area contributed by atoms with E-state index in [2.05, 4.69) is 5.32 Å². The predicted octanol–water partition coefficient (Wildman–Crippen LogP) is 2.92. The minimum atomic E-state index is -0.598. The fourth-order valence-electron chi connectivity index (χ4n) is 2.57. The highest BCUT2D eigenvalue weighted by molar-refractivity contribution is 6.32. The number of aliphatic hydroxyl groups excluding tert-OH is 1. The molecular formula is C16H22ClNO3. The summed E-state index contributed by atoms with van der Waals surface area (Å²) in [5.41, 5.74) is 0. The zero-order valence-corrected chi connectivity index (χ0v) is 13.0. The van der Waals surface area contributed by atoms with Crippen molar-refractivity contribution < 1.29 is 14.6 Å². The van der Waals surface area contributed by atoms with E-state index >= 15 is 0 Å². The number of nitrogens with one attached hydrogen (secondary N) is 1. The van der Waals surface area contributed by atoms with Crippen molar-refractivity contribution in [1.29, 1.82) is 0 Å². The SMILES string of the molecule is CCC(Oc1ccccc1Cl)C(=O)NC1CCCCC1O. The molecule has 5 heteroatoms. The molecule has 21 heavy (non-hydrogen) atoms. The van der Waals surface area contributed by atoms with Crippen LogP contribution in [0.15, 0.2) is 24.3 Å². The molecule has 1 fully saturated rings. The molecule has 1 saturated carbocycles. The number of hydrogen-bond donors (Lipinski definition) is 2. The summed E-state index contributed by atoms with van der Waals surface area (Å²) in [6.45, 7) is 1.89. The number of carbonyl (C=O) groups is 1. The number of amides is 1. The van der Waals surface area contributed by atoms with E-state index in [4.69, 9.17) is 16.3 Å². The number of rotatable bonds is 5. The summed E-state index contributed by atoms with van der Waals surface area (Å²) < 4.78 is 5.71. The second kappa shape index (κ2) is 7.66. The third-order valence-corrected chi connectivity index (χ3v) is 4.14. The Bertz CT molecular complexity index is 480. The lowest BCUT2D eigenvalue weighted by Crippen LogP contribution is -2.49. The van der Waals surface area contributed by atoms with Gasteiger partial charge in [-0.05, 0) is 31.4 Å². The molecule has 0 aliphatic heterocycles. The van der Waals surface area contributed by atoms with E-state index in [1.54, 1.807) is 12.1 Å². The van der Waals surface area contributed by atoms with Crippen molar-refractivity contribution in [3.8, 4) is 5.75 Å². The molecule has 116 valence electrons. The van der Waals surface area contributed by atoms with Crippen molar-refractivity contribution in [2.45, 2.75) is 57.3 Å². The average molecular weight is 312 g/mol. The van der Waals surface area contributed by atoms with Gasteiger partial charge in [-0.1, -0.05) is 43.5 Å². The molecule has 3 unspecified atom stereocenters. The number of para-hydroxylation sites is 1. The van der Waals surface area contributed by atoms with Gasteiger partial charge in [0.25, 0.3) is 5.91 Å². The van der Waals surface area contributed by atoms with Crippen LogP contribution >= 0.6 is 11.6 Å². The van der Waals surface area contributed by atoms with Crippen LogP contribution in [0.2, 0.25) is 5.02 Å². The van der Waals surface area contributed by atoms with E-state index in [-0.39, 0.29) is 11.9 Å². The number of ether oxygens (including phenoxy) is 1. The number of carbonyl (C=O) groups excluding carboxylic acids is 1. The second-order valence-corrected chi connectivity index (χ2v) is 5.82. The Balaban J connectivity index is 1.97. The van der Waals surface area contributed by atoms with Crippen LogP contribution in [-0.2, 0) is 4.79 Å². The first kappa shape index (κ1) is 16.1. The molecule has 1 aromatic rings. The zero-order chi connectivity index (χ0) is 15.2. The topological polar surface area (TPSA) is 58.6 Å². The van der Waals surface area contributed by atoms with Crippen LogP contribution in [-0.4, -0.2) is 29.3 Å². The van der Waals surface area contributed by atoms with Crippen LogP contribution in [0.5, 0.6) is 5.75 Å². The molecule has 4 nitrogen and oxygen atoms in total. The molecule has 0 aromatic heterocycles. The molecular weight excluding hydrogens is 290 g/mol. The number of halogens is 1. The lowest BCUT2D eigenvalue weighted by atomic mass is 9.92. The highest BCUT2D eigenvalue weighted by Crippen LogP contribution is 2.25. The molecule has 0 radical (unpaired) electrons. The summed E-state index contributed by atoms with van der Waals surface area (Å²) in [7, 11) is 0. The average Bonchev–Trinajstić information content (AvgIpc) is 2.48. The maximum Gasteiger partial charge on any atom is 0.261 e. The van der Waals surface area contributed by atoms with E-state index < -0.39 is 12.2 Å². The van der Waals surface area contributed by atoms with Crippen LogP contribution < -0.4 is 10.1 Å². The molecule has 0 saturated heterocycles. The third-order valence-electron chi connectivity index (χ3n) is 3.83. The van der Waals surface area contributed by atoms with Crippen molar-refractivity contribution in [1.82, 2.24) is 5.32 Å². The van der Waals surface area contributed by atoms with Crippen molar-refractivity contribution in [2.75, 3.05) is 0 Å². The Morgan fingerprint density at radius 2 is 2.14 bits per heavy atom. The van der Waals surface area contributed by atoms with Gasteiger partial charge in [0, 0.05) is 0 Å². The van der Waals surface area contributed by atoms with Gasteiger partial charge in [-0.3, -0.25) is 4.79 Å². The number of benzene rings is 1. The molecule has 2 N–H and O–H groups in total. The van der Waals surface area contributed by atoms with E-state index in [0.29, 0.717) is 17.2 Å². The minimum Gasteiger partial charge on any atom is -0.479 e. The first-order valence-corrected chi connectivity index (χ1v) is 7.89. The summed E-state index contributed by atoms with van der Waals surface area (Å²) in [5.74, 6) is 0.314. The minimum absolute atomic E-state index is 0.171. The van der Waals surface area contributed by atoms with Gasteiger partial charge in [0.1, 0.15) is 5.75 Å². The highest BCUT2D eigenvalue weighted by Gasteiger charge is 2.28. The fraction of sp³-hybridized carbons (Fsp3) is 0.562. The standard InChI is InChI=1S/C16H22ClNO3/c1-2-14(21-15-10-6-3-7-11(15)17)16(20)18-12-8-4-5-9-13(12)19/h3,6-7,10,12-14,19H,2,4-5,8-9H2,1H3,(H,18,20). The van der Waals surface area contributed by atoms with E-state index in [0.717, 1.165) is 25.7 Å². The number of aliphatic hydroxyl groups is 1. The normalized spacial score (nSPS) is 23.4. The van der Waals surface area contributed by atoms with Crippen LogP contribution in [0.1, 0.15) is 39.0 Å². The van der Waals surface area contributed by atoms with Gasteiger partial charge in [-0.15, -0.1) is 0 Å². The van der Waals surface area contributed by atoms with Crippen LogP contribution in [0.4, 0.5) is 0 Å². The van der Waals surface area contributed by atoms with Gasteiger partial charge in [0.15, 0.2) is 6.10 Å². The fourth-order valence-corrected chi connectivity index (χ4v) is 2.75. The molecule has 0 heterocycles. The second-order valence-electron chi connectivity index (χ2n) is 5.41. The third kappa shape index (κ3) is 4.35. The smallest absolute Gasteiger partial charge is 0.261 e. The van der Waals surface area contributed by atoms with E-state index in [1.807, 2.05) is 19.1 Å². The summed E-state index contributed by atoms with van der Waals surface area (Å²) >= 11 is 6.05. The molecule has 0 spiro atoms. The molecule has 0 bridgehead atoms. The largest absolute Gasteiger partial charge is 0.479 e. The van der Waals surface area contributed by atoms with Crippen molar-refractivity contribution in [3.05, 3.63) is 29.3 Å². The summed E-state index contributed by atoms with van der Waals surface area (Å²) in [4.78, 5) is 12.3. The summed E-state index contributed by atoms with van der Waals surface area (Å²) in [6.07, 6.45) is 3.09. The van der Waals surface area contributed by atoms with Gasteiger partial charge in [0.2, 0.25) is 0 Å². The van der Waals surface area contributed by atoms with Gasteiger partial charge < -0.3 is 15.2 Å². The monoisotopic (exact) mass is 311 g/mol. The Labute approximate surface area is 130 Å². The lowest BCUT2D eigenvalue weighted by Gasteiger charge is -2.29. The Morgan fingerprint density at radius 3 is 2.81 bits per heavy atom. The number of hydrogen-bond acceptors (Lipinski definition) is 3. The maximum absolute atomic E-state index is 12.3. The molecule has 2 rings (SSSR count). The van der Waals surface area contributed by atoms with Gasteiger partial charge >= 0.3 is 0 Å². The van der Waals surface area contributed by atoms with Gasteiger partial charge in [-0.25, -0.2) is 0 Å². The maximum atomic E-state index is 12.3.